The lowest BCUT2D eigenvalue weighted by atomic mass is 10.1. The van der Waals surface area contributed by atoms with E-state index in [1.54, 1.807) is 4.90 Å². The summed E-state index contributed by atoms with van der Waals surface area (Å²) in [7, 11) is 0. The largest absolute Gasteiger partial charge is 0.489 e. The molecule has 1 heterocycles. The Morgan fingerprint density at radius 2 is 1.96 bits per heavy atom. The van der Waals surface area contributed by atoms with Crippen LogP contribution in [0.3, 0.4) is 0 Å². The molecule has 0 N–H and O–H groups in total. The number of nitrogens with zero attached hydrogens (tertiary/aromatic N) is 1. The van der Waals surface area contributed by atoms with Gasteiger partial charge in [-0.1, -0.05) is 65.9 Å². The van der Waals surface area contributed by atoms with Crippen LogP contribution in [-0.2, 0) is 11.4 Å². The van der Waals surface area contributed by atoms with Crippen LogP contribution >= 0.6 is 24.0 Å². The van der Waals surface area contributed by atoms with Gasteiger partial charge < -0.3 is 4.74 Å². The van der Waals surface area contributed by atoms with Gasteiger partial charge in [-0.05, 0) is 43.2 Å². The molecule has 0 unspecified atom stereocenters. The quantitative estimate of drug-likeness (QED) is 0.559. The fourth-order valence-electron chi connectivity index (χ4n) is 2.47. The van der Waals surface area contributed by atoms with Crippen molar-refractivity contribution in [1.82, 2.24) is 4.90 Å². The second kappa shape index (κ2) is 7.85. The Morgan fingerprint density at radius 1 is 1.20 bits per heavy atom. The summed E-state index contributed by atoms with van der Waals surface area (Å²) in [5, 5.41) is 0. The zero-order valence-corrected chi connectivity index (χ0v) is 15.8. The van der Waals surface area contributed by atoms with E-state index in [1.807, 2.05) is 37.3 Å². The Kier molecular flexibility index (Phi) is 5.56. The fraction of sp³-hybridized carbons (Fsp3) is 0.200. The van der Waals surface area contributed by atoms with Crippen LogP contribution in [0.2, 0.25) is 0 Å². The third-order valence-electron chi connectivity index (χ3n) is 3.87. The number of hydrogen-bond donors (Lipinski definition) is 0. The van der Waals surface area contributed by atoms with Crippen molar-refractivity contribution in [1.29, 1.82) is 0 Å². The summed E-state index contributed by atoms with van der Waals surface area (Å²) in [4.78, 5) is 14.6. The maximum absolute atomic E-state index is 12.3. The van der Waals surface area contributed by atoms with Crippen molar-refractivity contribution in [2.24, 2.45) is 0 Å². The summed E-state index contributed by atoms with van der Waals surface area (Å²) in [6.45, 7) is 5.10. The van der Waals surface area contributed by atoms with E-state index >= 15 is 0 Å². The van der Waals surface area contributed by atoms with Crippen LogP contribution in [0.1, 0.15) is 23.6 Å². The molecule has 0 spiro atoms. The summed E-state index contributed by atoms with van der Waals surface area (Å²) in [5.41, 5.74) is 3.29. The second-order valence-electron chi connectivity index (χ2n) is 5.77. The topological polar surface area (TPSA) is 29.5 Å². The van der Waals surface area contributed by atoms with E-state index in [-0.39, 0.29) is 5.91 Å². The van der Waals surface area contributed by atoms with Gasteiger partial charge in [-0.3, -0.25) is 9.69 Å². The number of hydrogen-bond acceptors (Lipinski definition) is 4. The lowest BCUT2D eigenvalue weighted by molar-refractivity contribution is -0.121. The number of aryl methyl sites for hydroxylation is 1. The van der Waals surface area contributed by atoms with Crippen molar-refractivity contribution in [3.63, 3.8) is 0 Å². The standard InChI is InChI=1S/C20H19NO2S2/c1-3-21-19(22)18(25-20(21)24)12-16-5-4-6-17(11-16)23-13-15-9-7-14(2)8-10-15/h4-12H,3,13H2,1-2H3. The van der Waals surface area contributed by atoms with E-state index in [2.05, 4.69) is 31.2 Å². The third-order valence-corrected chi connectivity index (χ3v) is 5.25. The SMILES string of the molecule is CCN1C(=O)C(=Cc2cccc(OCc3ccc(C)cc3)c2)SC1=S. The molecule has 1 amide bonds. The van der Waals surface area contributed by atoms with Crippen molar-refractivity contribution in [2.45, 2.75) is 20.5 Å². The number of likely N-dealkylation sites (N-methyl/N-ethyl adjacent to an activating group) is 1. The molecule has 5 heteroatoms. The number of carbonyl (C=O) groups is 1. The van der Waals surface area contributed by atoms with Gasteiger partial charge in [0.05, 0.1) is 4.91 Å². The van der Waals surface area contributed by atoms with Gasteiger partial charge in [0, 0.05) is 6.54 Å². The van der Waals surface area contributed by atoms with E-state index in [4.69, 9.17) is 17.0 Å². The van der Waals surface area contributed by atoms with E-state index in [1.165, 1.54) is 17.3 Å². The van der Waals surface area contributed by atoms with E-state index < -0.39 is 0 Å². The Balaban J connectivity index is 1.71. The first kappa shape index (κ1) is 17.7. The highest BCUT2D eigenvalue weighted by atomic mass is 32.2. The van der Waals surface area contributed by atoms with E-state index in [0.29, 0.717) is 22.4 Å². The van der Waals surface area contributed by atoms with Gasteiger partial charge >= 0.3 is 0 Å². The van der Waals surface area contributed by atoms with Gasteiger partial charge in [-0.2, -0.15) is 0 Å². The van der Waals surface area contributed by atoms with Crippen LogP contribution in [-0.4, -0.2) is 21.7 Å². The highest BCUT2D eigenvalue weighted by molar-refractivity contribution is 8.26. The van der Waals surface area contributed by atoms with Crippen molar-refractivity contribution in [3.05, 3.63) is 70.1 Å². The lowest BCUT2D eigenvalue weighted by Gasteiger charge is -2.09. The first-order valence-corrected chi connectivity index (χ1v) is 9.33. The summed E-state index contributed by atoms with van der Waals surface area (Å²) in [6.07, 6.45) is 1.87. The van der Waals surface area contributed by atoms with Crippen molar-refractivity contribution >= 4 is 40.3 Å². The van der Waals surface area contributed by atoms with Crippen molar-refractivity contribution < 1.29 is 9.53 Å². The van der Waals surface area contributed by atoms with Crippen LogP contribution in [0.5, 0.6) is 5.75 Å². The van der Waals surface area contributed by atoms with Gasteiger partial charge in [0.2, 0.25) is 0 Å². The van der Waals surface area contributed by atoms with Crippen LogP contribution in [0, 0.1) is 6.92 Å². The molecule has 2 aromatic carbocycles. The molecule has 0 aromatic heterocycles. The predicted molar refractivity (Wildman–Crippen MR) is 108 cm³/mol. The minimum absolute atomic E-state index is 0.0246. The predicted octanol–water partition coefficient (Wildman–Crippen LogP) is 4.80. The minimum atomic E-state index is -0.0246. The minimum Gasteiger partial charge on any atom is -0.489 e. The van der Waals surface area contributed by atoms with Crippen LogP contribution in [0.15, 0.2) is 53.4 Å². The van der Waals surface area contributed by atoms with Crippen molar-refractivity contribution in [3.8, 4) is 5.75 Å². The Labute approximate surface area is 157 Å². The van der Waals surface area contributed by atoms with E-state index in [9.17, 15) is 4.79 Å². The maximum atomic E-state index is 12.3. The Hall–Kier alpha value is -2.11. The number of thioether (sulfide) groups is 1. The molecule has 128 valence electrons. The fourth-order valence-corrected chi connectivity index (χ4v) is 3.85. The monoisotopic (exact) mass is 369 g/mol. The molecule has 0 radical (unpaired) electrons. The number of ether oxygens (including phenoxy) is 1. The average Bonchev–Trinajstić information content (AvgIpc) is 2.88. The molecule has 0 aliphatic carbocycles. The first-order valence-electron chi connectivity index (χ1n) is 8.10. The molecule has 0 bridgehead atoms. The summed E-state index contributed by atoms with van der Waals surface area (Å²) < 4.78 is 6.49. The molecular formula is C20H19NO2S2. The molecule has 1 aliphatic heterocycles. The summed E-state index contributed by atoms with van der Waals surface area (Å²) >= 11 is 6.59. The average molecular weight is 370 g/mol. The second-order valence-corrected chi connectivity index (χ2v) is 7.45. The van der Waals surface area contributed by atoms with Gasteiger partial charge in [0.25, 0.3) is 5.91 Å². The lowest BCUT2D eigenvalue weighted by Crippen LogP contribution is -2.27. The molecule has 1 aliphatic rings. The molecule has 0 atom stereocenters. The maximum Gasteiger partial charge on any atom is 0.266 e. The Bertz CT molecular complexity index is 828. The summed E-state index contributed by atoms with van der Waals surface area (Å²) in [5.74, 6) is 0.753. The highest BCUT2D eigenvalue weighted by Crippen LogP contribution is 2.32. The highest BCUT2D eigenvalue weighted by Gasteiger charge is 2.30. The van der Waals surface area contributed by atoms with Gasteiger partial charge in [0.1, 0.15) is 16.7 Å². The number of rotatable bonds is 5. The van der Waals surface area contributed by atoms with Crippen molar-refractivity contribution in [2.75, 3.05) is 6.54 Å². The number of amides is 1. The van der Waals surface area contributed by atoms with Gasteiger partial charge in [-0.15, -0.1) is 0 Å². The smallest absolute Gasteiger partial charge is 0.266 e. The van der Waals surface area contributed by atoms with Gasteiger partial charge in [0.15, 0.2) is 0 Å². The zero-order chi connectivity index (χ0) is 17.8. The third kappa shape index (κ3) is 4.30. The molecule has 0 saturated carbocycles. The zero-order valence-electron chi connectivity index (χ0n) is 14.2. The number of carbonyl (C=O) groups excluding carboxylic acids is 1. The molecule has 2 aromatic rings. The van der Waals surface area contributed by atoms with Gasteiger partial charge in [-0.25, -0.2) is 0 Å². The summed E-state index contributed by atoms with van der Waals surface area (Å²) in [6, 6.07) is 16.0. The molecule has 1 saturated heterocycles. The Morgan fingerprint density at radius 3 is 2.64 bits per heavy atom. The molecule has 1 fully saturated rings. The first-order chi connectivity index (χ1) is 12.1. The molecule has 3 nitrogen and oxygen atoms in total. The normalized spacial score (nSPS) is 15.9. The van der Waals surface area contributed by atoms with Crippen LogP contribution in [0.4, 0.5) is 0 Å². The van der Waals surface area contributed by atoms with Crippen LogP contribution in [0.25, 0.3) is 6.08 Å². The van der Waals surface area contributed by atoms with Crippen LogP contribution < -0.4 is 4.74 Å². The molecule has 3 rings (SSSR count). The van der Waals surface area contributed by atoms with E-state index in [0.717, 1.165) is 16.9 Å². The number of thiocarbonyl (C=S) groups is 1. The number of benzene rings is 2. The molecule has 25 heavy (non-hydrogen) atoms. The molecular weight excluding hydrogens is 350 g/mol.